The van der Waals surface area contributed by atoms with Crippen molar-refractivity contribution in [1.29, 1.82) is 0 Å². The first-order valence-electron chi connectivity index (χ1n) is 7.68. The molecule has 2 heterocycles. The van der Waals surface area contributed by atoms with E-state index in [1.807, 2.05) is 36.4 Å². The number of hydrogen-bond acceptors (Lipinski definition) is 4. The molecule has 4 nitrogen and oxygen atoms in total. The molecule has 26 heavy (non-hydrogen) atoms. The maximum atomic E-state index is 13.4. The summed E-state index contributed by atoms with van der Waals surface area (Å²) in [7, 11) is 0. The molecule has 7 heteroatoms. The molecule has 3 aromatic rings. The monoisotopic (exact) mass is 367 g/mol. The van der Waals surface area contributed by atoms with Gasteiger partial charge in [0.25, 0.3) is 5.24 Å². The van der Waals surface area contributed by atoms with Crippen LogP contribution in [0.25, 0.3) is 17.0 Å². The van der Waals surface area contributed by atoms with E-state index in [4.69, 9.17) is 0 Å². The molecular formula is C19H11F2N3OS. The zero-order chi connectivity index (χ0) is 18.1. The van der Waals surface area contributed by atoms with E-state index >= 15 is 0 Å². The standard InChI is InChI=1S/C19H11F2N3OS/c20-14-5-4-13(10-15(14)21)23-18-17(26-19(25)24-18)9-11-3-6-16-12(8-11)2-1-7-22-16/h1-10H,(H,23,24,25)/b17-9+. The van der Waals surface area contributed by atoms with Crippen LogP contribution in [0.15, 0.2) is 64.6 Å². The van der Waals surface area contributed by atoms with Crippen LogP contribution in [0.1, 0.15) is 5.56 Å². The van der Waals surface area contributed by atoms with Gasteiger partial charge in [-0.2, -0.15) is 0 Å². The van der Waals surface area contributed by atoms with E-state index in [1.165, 1.54) is 6.07 Å². The number of carbonyl (C=O) groups is 1. The number of aromatic nitrogens is 1. The fourth-order valence-electron chi connectivity index (χ4n) is 2.53. The summed E-state index contributed by atoms with van der Waals surface area (Å²) in [4.78, 5) is 20.9. The predicted octanol–water partition coefficient (Wildman–Crippen LogP) is 5.04. The Kier molecular flexibility index (Phi) is 4.22. The van der Waals surface area contributed by atoms with Crippen molar-refractivity contribution in [1.82, 2.24) is 10.3 Å². The second-order valence-corrected chi connectivity index (χ2v) is 6.55. The van der Waals surface area contributed by atoms with Crippen molar-refractivity contribution in [3.8, 4) is 0 Å². The molecule has 0 unspecified atom stereocenters. The lowest BCUT2D eigenvalue weighted by Crippen LogP contribution is -2.18. The van der Waals surface area contributed by atoms with Gasteiger partial charge in [-0.1, -0.05) is 12.1 Å². The summed E-state index contributed by atoms with van der Waals surface area (Å²) in [5, 5.41) is 3.32. The average Bonchev–Trinajstić information content (AvgIpc) is 2.97. The van der Waals surface area contributed by atoms with Gasteiger partial charge in [-0.05, 0) is 53.7 Å². The zero-order valence-corrected chi connectivity index (χ0v) is 14.1. The number of hydrogen-bond donors (Lipinski definition) is 1. The molecule has 128 valence electrons. The smallest absolute Gasteiger partial charge is 0.289 e. The number of thioether (sulfide) groups is 1. The van der Waals surface area contributed by atoms with E-state index in [0.29, 0.717) is 10.7 Å². The van der Waals surface area contributed by atoms with Gasteiger partial charge >= 0.3 is 0 Å². The maximum Gasteiger partial charge on any atom is 0.289 e. The summed E-state index contributed by atoms with van der Waals surface area (Å²) in [6.45, 7) is 0. The minimum atomic E-state index is -0.989. The molecule has 1 fully saturated rings. The molecule has 0 saturated carbocycles. The van der Waals surface area contributed by atoms with Gasteiger partial charge in [0.2, 0.25) is 0 Å². The molecule has 1 aliphatic rings. The van der Waals surface area contributed by atoms with Crippen LogP contribution in [0.5, 0.6) is 0 Å². The average molecular weight is 367 g/mol. The van der Waals surface area contributed by atoms with Gasteiger partial charge in [0.05, 0.1) is 16.1 Å². The summed E-state index contributed by atoms with van der Waals surface area (Å²) < 4.78 is 26.4. The van der Waals surface area contributed by atoms with E-state index in [1.54, 1.807) is 6.20 Å². The molecule has 0 bridgehead atoms. The molecule has 0 aliphatic carbocycles. The lowest BCUT2D eigenvalue weighted by molar-refractivity contribution is 0.265. The third-order valence-corrected chi connectivity index (χ3v) is 4.54. The molecule has 2 aromatic carbocycles. The zero-order valence-electron chi connectivity index (χ0n) is 13.2. The van der Waals surface area contributed by atoms with Crippen LogP contribution in [-0.2, 0) is 0 Å². The number of fused-ring (bicyclic) bond motifs is 1. The summed E-state index contributed by atoms with van der Waals surface area (Å²) in [5.74, 6) is -1.63. The second kappa shape index (κ2) is 6.68. The quantitative estimate of drug-likeness (QED) is 0.690. The van der Waals surface area contributed by atoms with Crippen molar-refractivity contribution in [3.05, 3.63) is 76.8 Å². The highest BCUT2D eigenvalue weighted by Gasteiger charge is 2.23. The topological polar surface area (TPSA) is 54.4 Å². The number of amides is 1. The summed E-state index contributed by atoms with van der Waals surface area (Å²) >= 11 is 0.997. The molecule has 1 amide bonds. The first-order chi connectivity index (χ1) is 12.6. The molecule has 1 saturated heterocycles. The summed E-state index contributed by atoms with van der Waals surface area (Å²) in [6.07, 6.45) is 3.54. The maximum absolute atomic E-state index is 13.4. The highest BCUT2D eigenvalue weighted by molar-refractivity contribution is 8.18. The normalized spacial score (nSPS) is 17.2. The molecule has 0 spiro atoms. The van der Waals surface area contributed by atoms with Crippen molar-refractivity contribution in [3.63, 3.8) is 0 Å². The van der Waals surface area contributed by atoms with Gasteiger partial charge in [0.15, 0.2) is 11.6 Å². The Hall–Kier alpha value is -3.06. The van der Waals surface area contributed by atoms with E-state index in [-0.39, 0.29) is 10.9 Å². The van der Waals surface area contributed by atoms with E-state index in [2.05, 4.69) is 15.3 Å². The van der Waals surface area contributed by atoms with Gasteiger partial charge in [0, 0.05) is 17.6 Å². The SMILES string of the molecule is O=C1NC(=Nc2ccc(F)c(F)c2)/C(=C\c2ccc3ncccc3c2)S1. The first kappa shape index (κ1) is 16.4. The Labute approximate surface area is 151 Å². The number of rotatable bonds is 2. The number of pyridine rings is 1. The molecule has 1 aliphatic heterocycles. The van der Waals surface area contributed by atoms with Crippen LogP contribution < -0.4 is 5.32 Å². The van der Waals surface area contributed by atoms with Crippen LogP contribution in [0, 0.1) is 11.6 Å². The van der Waals surface area contributed by atoms with Crippen LogP contribution in [0.3, 0.4) is 0 Å². The van der Waals surface area contributed by atoms with E-state index < -0.39 is 11.6 Å². The number of nitrogens with one attached hydrogen (secondary N) is 1. The Morgan fingerprint density at radius 3 is 2.81 bits per heavy atom. The van der Waals surface area contributed by atoms with Crippen LogP contribution in [-0.4, -0.2) is 16.1 Å². The van der Waals surface area contributed by atoms with Crippen LogP contribution in [0.4, 0.5) is 19.3 Å². The van der Waals surface area contributed by atoms with Crippen molar-refractivity contribution in [2.45, 2.75) is 0 Å². The van der Waals surface area contributed by atoms with Crippen molar-refractivity contribution in [2.75, 3.05) is 0 Å². The minimum Gasteiger partial charge on any atom is -0.300 e. The lowest BCUT2D eigenvalue weighted by Gasteiger charge is -2.02. The van der Waals surface area contributed by atoms with Gasteiger partial charge in [-0.15, -0.1) is 0 Å². The fraction of sp³-hybridized carbons (Fsp3) is 0. The summed E-state index contributed by atoms with van der Waals surface area (Å²) in [6, 6.07) is 12.9. The Morgan fingerprint density at radius 2 is 1.96 bits per heavy atom. The number of nitrogens with zero attached hydrogens (tertiary/aromatic N) is 2. The largest absolute Gasteiger partial charge is 0.300 e. The number of aliphatic imine (C=N–C) groups is 1. The molecule has 0 atom stereocenters. The van der Waals surface area contributed by atoms with Gasteiger partial charge in [-0.3, -0.25) is 9.78 Å². The molecule has 1 N–H and O–H groups in total. The summed E-state index contributed by atoms with van der Waals surface area (Å²) in [5.41, 5.74) is 1.97. The predicted molar refractivity (Wildman–Crippen MR) is 99.3 cm³/mol. The minimum absolute atomic E-state index is 0.218. The highest BCUT2D eigenvalue weighted by atomic mass is 32.2. The second-order valence-electron chi connectivity index (χ2n) is 5.54. The van der Waals surface area contributed by atoms with Gasteiger partial charge in [0.1, 0.15) is 5.84 Å². The van der Waals surface area contributed by atoms with Gasteiger partial charge in [-0.25, -0.2) is 13.8 Å². The lowest BCUT2D eigenvalue weighted by atomic mass is 10.1. The van der Waals surface area contributed by atoms with Crippen LogP contribution in [0.2, 0.25) is 0 Å². The third kappa shape index (κ3) is 3.34. The Morgan fingerprint density at radius 1 is 1.08 bits per heavy atom. The first-order valence-corrected chi connectivity index (χ1v) is 8.49. The molecule has 1 aromatic heterocycles. The molecule has 0 radical (unpaired) electrons. The van der Waals surface area contributed by atoms with E-state index in [0.717, 1.165) is 40.4 Å². The molecular weight excluding hydrogens is 356 g/mol. The number of halogens is 2. The number of benzene rings is 2. The fourth-order valence-corrected chi connectivity index (χ4v) is 3.27. The Bertz CT molecular complexity index is 1100. The van der Waals surface area contributed by atoms with Crippen molar-refractivity contribution < 1.29 is 13.6 Å². The number of amidine groups is 1. The van der Waals surface area contributed by atoms with Crippen LogP contribution >= 0.6 is 11.8 Å². The van der Waals surface area contributed by atoms with E-state index in [9.17, 15) is 13.6 Å². The molecule has 4 rings (SSSR count). The van der Waals surface area contributed by atoms with Crippen molar-refractivity contribution >= 4 is 45.5 Å². The van der Waals surface area contributed by atoms with Crippen molar-refractivity contribution in [2.24, 2.45) is 4.99 Å². The Balaban J connectivity index is 1.72. The van der Waals surface area contributed by atoms with Gasteiger partial charge < -0.3 is 5.32 Å². The number of carbonyl (C=O) groups excluding carboxylic acids is 1. The third-order valence-electron chi connectivity index (χ3n) is 3.73. The highest BCUT2D eigenvalue weighted by Crippen LogP contribution is 2.29.